The van der Waals surface area contributed by atoms with Crippen LogP contribution in [0, 0.1) is 23.1 Å². The van der Waals surface area contributed by atoms with Crippen molar-refractivity contribution in [3.8, 4) is 6.07 Å². The first kappa shape index (κ1) is 14.6. The summed E-state index contributed by atoms with van der Waals surface area (Å²) >= 11 is 0. The van der Waals surface area contributed by atoms with Crippen LogP contribution in [-0.2, 0) is 16.4 Å². The fourth-order valence-electron chi connectivity index (χ4n) is 2.20. The van der Waals surface area contributed by atoms with E-state index < -0.39 is 15.8 Å². The van der Waals surface area contributed by atoms with Gasteiger partial charge in [0.15, 0.2) is 0 Å². The molecule has 22 heavy (non-hydrogen) atoms. The van der Waals surface area contributed by atoms with Gasteiger partial charge in [0.1, 0.15) is 10.7 Å². The van der Waals surface area contributed by atoms with Crippen molar-refractivity contribution in [3.05, 3.63) is 47.5 Å². The minimum absolute atomic E-state index is 0.0758. The molecule has 2 aromatic rings. The number of anilines is 1. The van der Waals surface area contributed by atoms with Crippen molar-refractivity contribution in [1.82, 2.24) is 4.98 Å². The Bertz CT molecular complexity index is 848. The van der Waals surface area contributed by atoms with Crippen LogP contribution in [0.5, 0.6) is 0 Å². The molecule has 1 saturated carbocycles. The Balaban J connectivity index is 1.80. The fourth-order valence-corrected chi connectivity index (χ4v) is 3.28. The van der Waals surface area contributed by atoms with Crippen LogP contribution in [0.1, 0.15) is 24.1 Å². The maximum atomic E-state index is 13.8. The summed E-state index contributed by atoms with van der Waals surface area (Å²) in [4.78, 5) is 3.02. The number of hydrogen-bond acceptors (Lipinski definition) is 3. The maximum Gasteiger partial charge on any atom is 0.263 e. The third-order valence-electron chi connectivity index (χ3n) is 3.57. The number of halogens is 1. The Labute approximate surface area is 127 Å². The van der Waals surface area contributed by atoms with Gasteiger partial charge in [0.05, 0.1) is 17.3 Å². The Morgan fingerprint density at radius 2 is 2.14 bits per heavy atom. The van der Waals surface area contributed by atoms with Crippen LogP contribution in [-0.4, -0.2) is 13.4 Å². The number of nitriles is 1. The average molecular weight is 319 g/mol. The van der Waals surface area contributed by atoms with Crippen molar-refractivity contribution in [3.63, 3.8) is 0 Å². The summed E-state index contributed by atoms with van der Waals surface area (Å²) in [6, 6.07) is 6.96. The third kappa shape index (κ3) is 3.12. The molecule has 2 N–H and O–H groups in total. The number of benzene rings is 1. The molecule has 1 aliphatic rings. The second kappa shape index (κ2) is 5.46. The van der Waals surface area contributed by atoms with Crippen LogP contribution in [0.4, 0.5) is 10.1 Å². The molecule has 0 saturated heterocycles. The molecule has 0 atom stereocenters. The summed E-state index contributed by atoms with van der Waals surface area (Å²) in [7, 11) is -3.85. The highest BCUT2D eigenvalue weighted by atomic mass is 32.2. The largest absolute Gasteiger partial charge is 0.364 e. The summed E-state index contributed by atoms with van der Waals surface area (Å²) in [6.07, 6.45) is 4.59. The zero-order chi connectivity index (χ0) is 15.7. The van der Waals surface area contributed by atoms with Crippen molar-refractivity contribution in [2.45, 2.75) is 24.2 Å². The second-order valence-electron chi connectivity index (χ2n) is 5.42. The molecule has 114 valence electrons. The molecule has 5 nitrogen and oxygen atoms in total. The zero-order valence-electron chi connectivity index (χ0n) is 11.6. The number of hydrogen-bond donors (Lipinski definition) is 2. The van der Waals surface area contributed by atoms with E-state index in [1.54, 1.807) is 12.1 Å². The van der Waals surface area contributed by atoms with Gasteiger partial charge in [-0.05, 0) is 49.4 Å². The molecular formula is C15H14FN3O2S. The lowest BCUT2D eigenvalue weighted by Gasteiger charge is -2.07. The lowest BCUT2D eigenvalue weighted by molar-refractivity contribution is 0.598. The third-order valence-corrected chi connectivity index (χ3v) is 4.92. The average Bonchev–Trinajstić information content (AvgIpc) is 3.15. The molecule has 1 aromatic carbocycles. The predicted octanol–water partition coefficient (Wildman–Crippen LogP) is 2.78. The summed E-state index contributed by atoms with van der Waals surface area (Å²) in [5, 5.41) is 8.68. The monoisotopic (exact) mass is 319 g/mol. The Hall–Kier alpha value is -2.33. The van der Waals surface area contributed by atoms with E-state index >= 15 is 0 Å². The first-order valence-electron chi connectivity index (χ1n) is 6.88. The van der Waals surface area contributed by atoms with Gasteiger partial charge in [-0.2, -0.15) is 5.26 Å². The normalized spacial score (nSPS) is 14.5. The van der Waals surface area contributed by atoms with Crippen LogP contribution in [0.3, 0.4) is 0 Å². The number of nitrogens with one attached hydrogen (secondary N) is 2. The van der Waals surface area contributed by atoms with E-state index in [9.17, 15) is 12.8 Å². The molecule has 1 heterocycles. The van der Waals surface area contributed by atoms with Gasteiger partial charge in [-0.3, -0.25) is 4.72 Å². The molecule has 0 radical (unpaired) electrons. The topological polar surface area (TPSA) is 85.8 Å². The summed E-state index contributed by atoms with van der Waals surface area (Å²) < 4.78 is 40.5. The molecule has 0 amide bonds. The van der Waals surface area contributed by atoms with Crippen molar-refractivity contribution in [2.75, 3.05) is 4.72 Å². The Morgan fingerprint density at radius 3 is 2.77 bits per heavy atom. The fraction of sp³-hybridized carbons (Fsp3) is 0.267. The van der Waals surface area contributed by atoms with E-state index in [0.29, 0.717) is 5.92 Å². The molecule has 1 aromatic heterocycles. The van der Waals surface area contributed by atoms with Gasteiger partial charge in [0.2, 0.25) is 0 Å². The maximum absolute atomic E-state index is 13.8. The standard InChI is InChI=1S/C15H14FN3O2S/c16-14-6-11(8-17)3-4-15(14)19-22(20,21)13-7-12(18-9-13)5-10-1-2-10/h3-4,6-7,9-10,18-19H,1-2,5H2. The first-order valence-corrected chi connectivity index (χ1v) is 8.36. The number of aromatic nitrogens is 1. The van der Waals surface area contributed by atoms with E-state index in [1.165, 1.54) is 31.2 Å². The SMILES string of the molecule is N#Cc1ccc(NS(=O)(=O)c2c[nH]c(CC3CC3)c2)c(F)c1. The predicted molar refractivity (Wildman–Crippen MR) is 79.1 cm³/mol. The molecule has 1 fully saturated rings. The molecule has 3 rings (SSSR count). The van der Waals surface area contributed by atoms with Gasteiger partial charge >= 0.3 is 0 Å². The highest BCUT2D eigenvalue weighted by Crippen LogP contribution is 2.32. The van der Waals surface area contributed by atoms with Crippen molar-refractivity contribution in [2.24, 2.45) is 5.92 Å². The molecule has 0 bridgehead atoms. The molecule has 0 aliphatic heterocycles. The number of nitrogens with zero attached hydrogens (tertiary/aromatic N) is 1. The molecule has 0 spiro atoms. The van der Waals surface area contributed by atoms with E-state index in [0.717, 1.165) is 18.2 Å². The first-order chi connectivity index (χ1) is 10.5. The molecule has 1 aliphatic carbocycles. The second-order valence-corrected chi connectivity index (χ2v) is 7.10. The molecular weight excluding hydrogens is 305 g/mol. The number of sulfonamides is 1. The van der Waals surface area contributed by atoms with Crippen LogP contribution >= 0.6 is 0 Å². The summed E-state index contributed by atoms with van der Waals surface area (Å²) in [6.45, 7) is 0. The van der Waals surface area contributed by atoms with Gasteiger partial charge in [-0.25, -0.2) is 12.8 Å². The zero-order valence-corrected chi connectivity index (χ0v) is 12.5. The van der Waals surface area contributed by atoms with Crippen LogP contribution < -0.4 is 4.72 Å². The van der Waals surface area contributed by atoms with Crippen LogP contribution in [0.2, 0.25) is 0 Å². The van der Waals surface area contributed by atoms with Crippen molar-refractivity contribution < 1.29 is 12.8 Å². The quantitative estimate of drug-likeness (QED) is 0.888. The van der Waals surface area contributed by atoms with E-state index in [-0.39, 0.29) is 16.1 Å². The highest BCUT2D eigenvalue weighted by Gasteiger charge is 2.24. The Kier molecular flexibility index (Phi) is 3.62. The van der Waals surface area contributed by atoms with Crippen molar-refractivity contribution in [1.29, 1.82) is 5.26 Å². The smallest absolute Gasteiger partial charge is 0.263 e. The summed E-state index contributed by atoms with van der Waals surface area (Å²) in [5.41, 5.74) is 0.820. The van der Waals surface area contributed by atoms with Gasteiger partial charge in [-0.1, -0.05) is 0 Å². The minimum Gasteiger partial charge on any atom is -0.364 e. The van der Waals surface area contributed by atoms with Crippen LogP contribution in [0.25, 0.3) is 0 Å². The Morgan fingerprint density at radius 1 is 1.36 bits per heavy atom. The van der Waals surface area contributed by atoms with E-state index in [2.05, 4.69) is 9.71 Å². The van der Waals surface area contributed by atoms with Gasteiger partial charge < -0.3 is 4.98 Å². The molecule has 7 heteroatoms. The van der Waals surface area contributed by atoms with Gasteiger partial charge in [0, 0.05) is 11.9 Å². The van der Waals surface area contributed by atoms with Gasteiger partial charge in [0.25, 0.3) is 10.0 Å². The van der Waals surface area contributed by atoms with E-state index in [4.69, 9.17) is 5.26 Å². The minimum atomic E-state index is -3.85. The number of aromatic amines is 1. The lowest BCUT2D eigenvalue weighted by Crippen LogP contribution is -2.13. The van der Waals surface area contributed by atoms with Crippen LogP contribution in [0.15, 0.2) is 35.4 Å². The highest BCUT2D eigenvalue weighted by molar-refractivity contribution is 7.92. The molecule has 0 unspecified atom stereocenters. The van der Waals surface area contributed by atoms with Crippen molar-refractivity contribution >= 4 is 15.7 Å². The number of rotatable bonds is 5. The number of H-pyrrole nitrogens is 1. The lowest BCUT2D eigenvalue weighted by atomic mass is 10.2. The van der Waals surface area contributed by atoms with E-state index in [1.807, 2.05) is 0 Å². The van der Waals surface area contributed by atoms with Gasteiger partial charge in [-0.15, -0.1) is 0 Å². The summed E-state index contributed by atoms with van der Waals surface area (Å²) in [5.74, 6) is -0.144.